The maximum atomic E-state index is 6.12. The van der Waals surface area contributed by atoms with Gasteiger partial charge >= 0.3 is 0 Å². The first-order chi connectivity index (χ1) is 7.49. The lowest BCUT2D eigenvalue weighted by molar-refractivity contribution is 0.379. The molecule has 0 aromatic heterocycles. The molecular formula is C14H24N2. The van der Waals surface area contributed by atoms with Crippen LogP contribution in [0.4, 0.5) is 0 Å². The molecule has 2 nitrogen and oxygen atoms in total. The molecule has 1 rings (SSSR count). The number of nitrogens with two attached hydrogens (primary N) is 1. The molecule has 0 heterocycles. The van der Waals surface area contributed by atoms with E-state index in [1.807, 2.05) is 0 Å². The van der Waals surface area contributed by atoms with E-state index in [0.29, 0.717) is 0 Å². The molecule has 16 heavy (non-hydrogen) atoms. The molecule has 1 aromatic carbocycles. The summed E-state index contributed by atoms with van der Waals surface area (Å²) in [6, 6.07) is 6.90. The minimum absolute atomic E-state index is 0.268. The quantitative estimate of drug-likeness (QED) is 0.823. The SMILES string of the molecule is Cc1ccc(CC(N)CCN(C)C)cc1C. The van der Waals surface area contributed by atoms with E-state index in [2.05, 4.69) is 51.0 Å². The maximum absolute atomic E-state index is 6.12. The Bertz CT molecular complexity index is 332. The molecule has 0 saturated heterocycles. The van der Waals surface area contributed by atoms with Crippen LogP contribution in [0.5, 0.6) is 0 Å². The second-order valence-corrected chi connectivity index (χ2v) is 4.97. The topological polar surface area (TPSA) is 29.3 Å². The summed E-state index contributed by atoms with van der Waals surface area (Å²) in [6.07, 6.45) is 2.04. The molecular weight excluding hydrogens is 196 g/mol. The first-order valence-electron chi connectivity index (χ1n) is 5.95. The highest BCUT2D eigenvalue weighted by Gasteiger charge is 2.05. The summed E-state index contributed by atoms with van der Waals surface area (Å²) in [5, 5.41) is 0. The average Bonchev–Trinajstić information content (AvgIpc) is 2.21. The third-order valence-corrected chi connectivity index (χ3v) is 3.02. The molecule has 2 heteroatoms. The highest BCUT2D eigenvalue weighted by Crippen LogP contribution is 2.11. The summed E-state index contributed by atoms with van der Waals surface area (Å²) in [5.41, 5.74) is 10.2. The van der Waals surface area contributed by atoms with Crippen molar-refractivity contribution in [2.45, 2.75) is 32.7 Å². The minimum Gasteiger partial charge on any atom is -0.327 e. The lowest BCUT2D eigenvalue weighted by Crippen LogP contribution is -2.28. The molecule has 0 radical (unpaired) electrons. The second-order valence-electron chi connectivity index (χ2n) is 4.97. The van der Waals surface area contributed by atoms with Crippen molar-refractivity contribution < 1.29 is 0 Å². The van der Waals surface area contributed by atoms with Crippen molar-refractivity contribution in [1.82, 2.24) is 4.90 Å². The molecule has 1 unspecified atom stereocenters. The van der Waals surface area contributed by atoms with Crippen molar-refractivity contribution >= 4 is 0 Å². The van der Waals surface area contributed by atoms with Gasteiger partial charge in [0.1, 0.15) is 0 Å². The predicted octanol–water partition coefficient (Wildman–Crippen LogP) is 2.12. The van der Waals surface area contributed by atoms with Crippen molar-refractivity contribution in [2.24, 2.45) is 5.73 Å². The molecule has 0 saturated carbocycles. The molecule has 0 aliphatic carbocycles. The van der Waals surface area contributed by atoms with Crippen LogP contribution in [-0.4, -0.2) is 31.6 Å². The Morgan fingerprint density at radius 2 is 1.88 bits per heavy atom. The van der Waals surface area contributed by atoms with E-state index in [1.165, 1.54) is 16.7 Å². The standard InChI is InChI=1S/C14H24N2/c1-11-5-6-13(9-12(11)2)10-14(15)7-8-16(3)4/h5-6,9,14H,7-8,10,15H2,1-4H3. The molecule has 0 bridgehead atoms. The zero-order valence-corrected chi connectivity index (χ0v) is 11.0. The smallest absolute Gasteiger partial charge is 0.00914 e. The van der Waals surface area contributed by atoms with Gasteiger partial charge in [0.05, 0.1) is 0 Å². The number of benzene rings is 1. The van der Waals surface area contributed by atoms with Crippen molar-refractivity contribution in [3.05, 3.63) is 34.9 Å². The van der Waals surface area contributed by atoms with Gasteiger partial charge in [-0.3, -0.25) is 0 Å². The number of hydrogen-bond acceptors (Lipinski definition) is 2. The van der Waals surface area contributed by atoms with E-state index in [4.69, 9.17) is 5.73 Å². The van der Waals surface area contributed by atoms with Crippen LogP contribution in [0, 0.1) is 13.8 Å². The summed E-state index contributed by atoms with van der Waals surface area (Å²) < 4.78 is 0. The average molecular weight is 220 g/mol. The Labute approximate surface area is 99.5 Å². The Hall–Kier alpha value is -0.860. The third kappa shape index (κ3) is 4.33. The fraction of sp³-hybridized carbons (Fsp3) is 0.571. The van der Waals surface area contributed by atoms with Crippen molar-refractivity contribution in [2.75, 3.05) is 20.6 Å². The highest BCUT2D eigenvalue weighted by atomic mass is 15.0. The first-order valence-corrected chi connectivity index (χ1v) is 5.95. The van der Waals surface area contributed by atoms with Gasteiger partial charge in [0, 0.05) is 6.04 Å². The third-order valence-electron chi connectivity index (χ3n) is 3.02. The van der Waals surface area contributed by atoms with Gasteiger partial charge in [0.15, 0.2) is 0 Å². The Morgan fingerprint density at radius 1 is 1.19 bits per heavy atom. The fourth-order valence-electron chi connectivity index (χ4n) is 1.76. The molecule has 90 valence electrons. The van der Waals surface area contributed by atoms with Gasteiger partial charge in [0.2, 0.25) is 0 Å². The Balaban J connectivity index is 2.49. The van der Waals surface area contributed by atoms with Crippen LogP contribution in [0.3, 0.4) is 0 Å². The molecule has 1 aromatic rings. The number of hydrogen-bond donors (Lipinski definition) is 1. The lowest BCUT2D eigenvalue weighted by Gasteiger charge is -2.15. The van der Waals surface area contributed by atoms with E-state index in [1.54, 1.807) is 0 Å². The van der Waals surface area contributed by atoms with E-state index in [9.17, 15) is 0 Å². The molecule has 0 amide bonds. The number of nitrogens with zero attached hydrogens (tertiary/aromatic N) is 1. The van der Waals surface area contributed by atoms with Crippen LogP contribution >= 0.6 is 0 Å². The van der Waals surface area contributed by atoms with Crippen molar-refractivity contribution in [3.8, 4) is 0 Å². The van der Waals surface area contributed by atoms with E-state index in [-0.39, 0.29) is 6.04 Å². The largest absolute Gasteiger partial charge is 0.327 e. The van der Waals surface area contributed by atoms with E-state index in [0.717, 1.165) is 19.4 Å². The fourth-order valence-corrected chi connectivity index (χ4v) is 1.76. The highest BCUT2D eigenvalue weighted by molar-refractivity contribution is 5.30. The van der Waals surface area contributed by atoms with Gasteiger partial charge in [-0.25, -0.2) is 0 Å². The summed E-state index contributed by atoms with van der Waals surface area (Å²) >= 11 is 0. The van der Waals surface area contributed by atoms with Gasteiger partial charge in [-0.15, -0.1) is 0 Å². The van der Waals surface area contributed by atoms with Gasteiger partial charge in [0.25, 0.3) is 0 Å². The van der Waals surface area contributed by atoms with Crippen molar-refractivity contribution in [1.29, 1.82) is 0 Å². The van der Waals surface area contributed by atoms with Gasteiger partial charge in [-0.1, -0.05) is 18.2 Å². The molecule has 2 N–H and O–H groups in total. The predicted molar refractivity (Wildman–Crippen MR) is 70.8 cm³/mol. The number of rotatable bonds is 5. The first kappa shape index (κ1) is 13.2. The molecule has 0 fully saturated rings. The Morgan fingerprint density at radius 3 is 2.44 bits per heavy atom. The molecule has 1 atom stereocenters. The Kier molecular flexibility index (Phi) is 4.97. The van der Waals surface area contributed by atoms with Crippen LogP contribution in [0.15, 0.2) is 18.2 Å². The van der Waals surface area contributed by atoms with Crippen LogP contribution in [0.1, 0.15) is 23.1 Å². The van der Waals surface area contributed by atoms with Crippen LogP contribution in [0.2, 0.25) is 0 Å². The molecule has 0 aliphatic heterocycles. The van der Waals surface area contributed by atoms with Gasteiger partial charge in [-0.05, 0) is 64.0 Å². The van der Waals surface area contributed by atoms with Crippen LogP contribution < -0.4 is 5.73 Å². The lowest BCUT2D eigenvalue weighted by atomic mass is 10.00. The van der Waals surface area contributed by atoms with Crippen LogP contribution in [0.25, 0.3) is 0 Å². The van der Waals surface area contributed by atoms with E-state index < -0.39 is 0 Å². The van der Waals surface area contributed by atoms with E-state index >= 15 is 0 Å². The molecule has 0 spiro atoms. The van der Waals surface area contributed by atoms with Crippen LogP contribution in [-0.2, 0) is 6.42 Å². The summed E-state index contributed by atoms with van der Waals surface area (Å²) in [6.45, 7) is 5.36. The van der Waals surface area contributed by atoms with Gasteiger partial charge < -0.3 is 10.6 Å². The summed E-state index contributed by atoms with van der Waals surface area (Å²) in [7, 11) is 4.17. The summed E-state index contributed by atoms with van der Waals surface area (Å²) in [4.78, 5) is 2.18. The normalized spacial score (nSPS) is 13.1. The second kappa shape index (κ2) is 6.02. The minimum atomic E-state index is 0.268. The number of aryl methyl sites for hydroxylation is 2. The van der Waals surface area contributed by atoms with Crippen molar-refractivity contribution in [3.63, 3.8) is 0 Å². The maximum Gasteiger partial charge on any atom is 0.00914 e. The molecule has 0 aliphatic rings. The summed E-state index contributed by atoms with van der Waals surface area (Å²) in [5.74, 6) is 0. The monoisotopic (exact) mass is 220 g/mol. The zero-order chi connectivity index (χ0) is 12.1. The van der Waals surface area contributed by atoms with Gasteiger partial charge in [-0.2, -0.15) is 0 Å². The zero-order valence-electron chi connectivity index (χ0n) is 11.0.